The number of nitrogens with zero attached hydrogens (tertiary/aromatic N) is 1. The first-order valence-electron chi connectivity index (χ1n) is 8.47. The number of para-hydroxylation sites is 1. The van der Waals surface area contributed by atoms with E-state index < -0.39 is 0 Å². The highest BCUT2D eigenvalue weighted by Gasteiger charge is 2.04. The molecule has 3 rings (SSSR count). The van der Waals surface area contributed by atoms with Gasteiger partial charge in [-0.3, -0.25) is 9.59 Å². The minimum absolute atomic E-state index is 0.100. The van der Waals surface area contributed by atoms with Crippen LogP contribution in [-0.2, 0) is 9.59 Å². The summed E-state index contributed by atoms with van der Waals surface area (Å²) in [5.41, 5.74) is 1.63. The van der Waals surface area contributed by atoms with Gasteiger partial charge < -0.3 is 10.6 Å². The lowest BCUT2D eigenvalue weighted by Gasteiger charge is -2.05. The lowest BCUT2D eigenvalue weighted by atomic mass is 10.2. The van der Waals surface area contributed by atoms with E-state index in [1.807, 2.05) is 24.3 Å². The van der Waals surface area contributed by atoms with Crippen molar-refractivity contribution in [3.8, 4) is 0 Å². The van der Waals surface area contributed by atoms with E-state index in [0.717, 1.165) is 15.2 Å². The Labute approximate surface area is 166 Å². The van der Waals surface area contributed by atoms with Crippen molar-refractivity contribution in [1.82, 2.24) is 10.3 Å². The molecule has 0 aliphatic rings. The van der Waals surface area contributed by atoms with Crippen molar-refractivity contribution in [2.75, 3.05) is 11.9 Å². The standard InChI is InChI=1S/C20H18ClN3O2S/c21-14-7-9-15(10-8-14)23-19(26)6-3-13-22-18(25)11-12-20-24-16-4-1-2-5-17(16)27-20/h1-2,4-5,7-12H,3,6,13H2,(H,22,25)(H,23,26)/b12-11+. The molecule has 0 saturated heterocycles. The van der Waals surface area contributed by atoms with Gasteiger partial charge in [0.15, 0.2) is 0 Å². The molecule has 2 amide bonds. The summed E-state index contributed by atoms with van der Waals surface area (Å²) in [5.74, 6) is -0.302. The molecule has 0 fully saturated rings. The largest absolute Gasteiger partial charge is 0.353 e. The third-order valence-electron chi connectivity index (χ3n) is 3.70. The summed E-state index contributed by atoms with van der Waals surface area (Å²) in [6.07, 6.45) is 4.05. The van der Waals surface area contributed by atoms with Crippen LogP contribution in [0.15, 0.2) is 54.6 Å². The van der Waals surface area contributed by atoms with Crippen molar-refractivity contribution in [2.24, 2.45) is 0 Å². The van der Waals surface area contributed by atoms with E-state index in [9.17, 15) is 9.59 Å². The van der Waals surface area contributed by atoms with Gasteiger partial charge in [-0.1, -0.05) is 23.7 Å². The summed E-state index contributed by atoms with van der Waals surface area (Å²) in [6.45, 7) is 0.428. The van der Waals surface area contributed by atoms with Gasteiger partial charge in [0.1, 0.15) is 5.01 Å². The molecule has 0 radical (unpaired) electrons. The molecule has 2 N–H and O–H groups in total. The van der Waals surface area contributed by atoms with Gasteiger partial charge in [-0.2, -0.15) is 0 Å². The summed E-state index contributed by atoms with van der Waals surface area (Å²) in [7, 11) is 0. The Morgan fingerprint density at radius 3 is 2.67 bits per heavy atom. The van der Waals surface area contributed by atoms with Crippen LogP contribution in [-0.4, -0.2) is 23.3 Å². The van der Waals surface area contributed by atoms with E-state index in [4.69, 9.17) is 11.6 Å². The number of nitrogens with one attached hydrogen (secondary N) is 2. The van der Waals surface area contributed by atoms with Crippen molar-refractivity contribution in [1.29, 1.82) is 0 Å². The molecule has 5 nitrogen and oxygen atoms in total. The zero-order valence-electron chi connectivity index (χ0n) is 14.4. The van der Waals surface area contributed by atoms with E-state index in [1.165, 1.54) is 17.4 Å². The van der Waals surface area contributed by atoms with Gasteiger partial charge in [-0.05, 0) is 48.9 Å². The maximum absolute atomic E-state index is 11.9. The first-order valence-corrected chi connectivity index (χ1v) is 9.66. The second kappa shape index (κ2) is 9.30. The molecule has 7 heteroatoms. The Bertz CT molecular complexity index is 934. The van der Waals surface area contributed by atoms with E-state index >= 15 is 0 Å². The van der Waals surface area contributed by atoms with Crippen LogP contribution >= 0.6 is 22.9 Å². The Morgan fingerprint density at radius 1 is 1.11 bits per heavy atom. The number of halogens is 1. The molecule has 0 bridgehead atoms. The molecule has 1 aromatic heterocycles. The molecule has 1 heterocycles. The summed E-state index contributed by atoms with van der Waals surface area (Å²) in [5, 5.41) is 6.96. The average Bonchev–Trinajstić information content (AvgIpc) is 3.08. The summed E-state index contributed by atoms with van der Waals surface area (Å²) in [6, 6.07) is 14.8. The van der Waals surface area contributed by atoms with Crippen LogP contribution in [0.5, 0.6) is 0 Å². The number of carbonyl (C=O) groups excluding carboxylic acids is 2. The van der Waals surface area contributed by atoms with Crippen LogP contribution in [0.2, 0.25) is 5.02 Å². The van der Waals surface area contributed by atoms with Gasteiger partial charge in [-0.15, -0.1) is 11.3 Å². The Morgan fingerprint density at radius 2 is 1.89 bits per heavy atom. The molecule has 138 valence electrons. The first kappa shape index (κ1) is 19.1. The average molecular weight is 400 g/mol. The Kier molecular flexibility index (Phi) is 6.57. The fourth-order valence-corrected chi connectivity index (χ4v) is 3.38. The van der Waals surface area contributed by atoms with Gasteiger partial charge in [0, 0.05) is 29.8 Å². The zero-order valence-corrected chi connectivity index (χ0v) is 16.0. The second-order valence-corrected chi connectivity index (χ2v) is 7.30. The van der Waals surface area contributed by atoms with Crippen molar-refractivity contribution in [2.45, 2.75) is 12.8 Å². The summed E-state index contributed by atoms with van der Waals surface area (Å²) < 4.78 is 1.09. The van der Waals surface area contributed by atoms with Gasteiger partial charge in [-0.25, -0.2) is 4.98 Å². The SMILES string of the molecule is O=C(/C=C/c1nc2ccccc2s1)NCCCC(=O)Nc1ccc(Cl)cc1. The molecule has 0 saturated carbocycles. The predicted molar refractivity (Wildman–Crippen MR) is 111 cm³/mol. The molecular weight excluding hydrogens is 382 g/mol. The van der Waals surface area contributed by atoms with Crippen LogP contribution in [0, 0.1) is 0 Å². The second-order valence-electron chi connectivity index (χ2n) is 5.80. The smallest absolute Gasteiger partial charge is 0.244 e. The topological polar surface area (TPSA) is 71.1 Å². The van der Waals surface area contributed by atoms with E-state index in [2.05, 4.69) is 15.6 Å². The fraction of sp³-hybridized carbons (Fsp3) is 0.150. The number of carbonyl (C=O) groups is 2. The predicted octanol–water partition coefficient (Wildman–Crippen LogP) is 4.50. The van der Waals surface area contributed by atoms with Crippen LogP contribution < -0.4 is 10.6 Å². The number of fused-ring (bicyclic) bond motifs is 1. The third kappa shape index (κ3) is 5.91. The molecule has 0 atom stereocenters. The van der Waals surface area contributed by atoms with Gasteiger partial charge in [0.2, 0.25) is 11.8 Å². The highest BCUT2D eigenvalue weighted by atomic mass is 35.5. The summed E-state index contributed by atoms with van der Waals surface area (Å²) >= 11 is 7.34. The van der Waals surface area contributed by atoms with Crippen LogP contribution in [0.1, 0.15) is 17.8 Å². The van der Waals surface area contributed by atoms with Crippen LogP contribution in [0.4, 0.5) is 5.69 Å². The number of benzene rings is 2. The number of aromatic nitrogens is 1. The molecule has 2 aromatic carbocycles. The lowest BCUT2D eigenvalue weighted by Crippen LogP contribution is -2.23. The molecule has 3 aromatic rings. The third-order valence-corrected chi connectivity index (χ3v) is 4.95. The highest BCUT2D eigenvalue weighted by molar-refractivity contribution is 7.19. The molecular formula is C20H18ClN3O2S. The van der Waals surface area contributed by atoms with E-state index in [-0.39, 0.29) is 11.8 Å². The van der Waals surface area contributed by atoms with Crippen molar-refractivity contribution < 1.29 is 9.59 Å². The van der Waals surface area contributed by atoms with Crippen LogP contribution in [0.3, 0.4) is 0 Å². The summed E-state index contributed by atoms with van der Waals surface area (Å²) in [4.78, 5) is 28.2. The zero-order chi connectivity index (χ0) is 19.1. The monoisotopic (exact) mass is 399 g/mol. The molecule has 0 aliphatic carbocycles. The molecule has 27 heavy (non-hydrogen) atoms. The van der Waals surface area contributed by atoms with Crippen molar-refractivity contribution in [3.05, 3.63) is 64.6 Å². The number of rotatable bonds is 7. The number of thiazole rings is 1. The van der Waals surface area contributed by atoms with Crippen molar-refractivity contribution in [3.63, 3.8) is 0 Å². The maximum atomic E-state index is 11.9. The number of amides is 2. The number of hydrogen-bond acceptors (Lipinski definition) is 4. The fourth-order valence-electron chi connectivity index (χ4n) is 2.38. The number of hydrogen-bond donors (Lipinski definition) is 2. The lowest BCUT2D eigenvalue weighted by molar-refractivity contribution is -0.118. The normalized spacial score (nSPS) is 11.0. The molecule has 0 unspecified atom stereocenters. The van der Waals surface area contributed by atoms with Gasteiger partial charge >= 0.3 is 0 Å². The minimum atomic E-state index is -0.202. The quantitative estimate of drug-likeness (QED) is 0.454. The highest BCUT2D eigenvalue weighted by Crippen LogP contribution is 2.22. The first-order chi connectivity index (χ1) is 13.1. The molecule has 0 aliphatic heterocycles. The van der Waals surface area contributed by atoms with E-state index in [0.29, 0.717) is 30.1 Å². The molecule has 0 spiro atoms. The minimum Gasteiger partial charge on any atom is -0.353 e. The Hall–Kier alpha value is -2.70. The number of anilines is 1. The van der Waals surface area contributed by atoms with Gasteiger partial charge in [0.05, 0.1) is 10.2 Å². The van der Waals surface area contributed by atoms with Gasteiger partial charge in [0.25, 0.3) is 0 Å². The Balaban J connectivity index is 1.37. The van der Waals surface area contributed by atoms with Crippen LogP contribution in [0.25, 0.3) is 16.3 Å². The van der Waals surface area contributed by atoms with Crippen molar-refractivity contribution >= 4 is 56.7 Å². The van der Waals surface area contributed by atoms with E-state index in [1.54, 1.807) is 30.3 Å². The maximum Gasteiger partial charge on any atom is 0.244 e.